The summed E-state index contributed by atoms with van der Waals surface area (Å²) in [5.74, 6) is 1.20. The lowest BCUT2D eigenvalue weighted by molar-refractivity contribution is -0.127. The minimum absolute atomic E-state index is 0.00354. The Morgan fingerprint density at radius 3 is 2.10 bits per heavy atom. The van der Waals surface area contributed by atoms with Gasteiger partial charge in [-0.15, -0.1) is 0 Å². The zero-order valence-electron chi connectivity index (χ0n) is 25.8. The Bertz CT molecular complexity index is 771. The molecule has 1 aromatic carbocycles. The number of hydrogen-bond donors (Lipinski definition) is 2. The van der Waals surface area contributed by atoms with Crippen LogP contribution in [0.25, 0.3) is 0 Å². The minimum Gasteiger partial charge on any atom is -0.492 e. The molecule has 2 atom stereocenters. The van der Waals surface area contributed by atoms with Crippen molar-refractivity contribution in [2.24, 2.45) is 5.92 Å². The zero-order chi connectivity index (χ0) is 29.4. The van der Waals surface area contributed by atoms with Crippen molar-refractivity contribution >= 4 is 11.6 Å². The van der Waals surface area contributed by atoms with Crippen LogP contribution in [0.1, 0.15) is 78.7 Å². The van der Waals surface area contributed by atoms with E-state index >= 15 is 0 Å². The molecular formula is C32H56N2O6. The number of ether oxygens (including phenoxy) is 4. The fraction of sp³-hybridized carbons (Fsp3) is 0.750. The Balaban J connectivity index is 1.95. The van der Waals surface area contributed by atoms with Crippen molar-refractivity contribution in [3.05, 3.63) is 29.8 Å². The van der Waals surface area contributed by atoms with Gasteiger partial charge in [0.25, 0.3) is 0 Å². The van der Waals surface area contributed by atoms with Crippen molar-refractivity contribution in [2.45, 2.75) is 91.6 Å². The highest BCUT2D eigenvalue weighted by Crippen LogP contribution is 2.14. The van der Waals surface area contributed by atoms with Gasteiger partial charge >= 0.3 is 0 Å². The van der Waals surface area contributed by atoms with Crippen molar-refractivity contribution in [1.29, 1.82) is 0 Å². The molecule has 8 nitrogen and oxygen atoms in total. The second-order valence-corrected chi connectivity index (χ2v) is 10.8. The van der Waals surface area contributed by atoms with Gasteiger partial charge in [0, 0.05) is 44.0 Å². The normalized spacial score (nSPS) is 12.9. The largest absolute Gasteiger partial charge is 0.492 e. The molecule has 0 aliphatic carbocycles. The van der Waals surface area contributed by atoms with Gasteiger partial charge in [-0.3, -0.25) is 9.59 Å². The highest BCUT2D eigenvalue weighted by atomic mass is 16.5. The van der Waals surface area contributed by atoms with E-state index in [0.717, 1.165) is 63.1 Å². The first-order valence-electron chi connectivity index (χ1n) is 15.3. The predicted octanol–water partition coefficient (Wildman–Crippen LogP) is 4.77. The fourth-order valence-corrected chi connectivity index (χ4v) is 4.00. The van der Waals surface area contributed by atoms with Gasteiger partial charge < -0.3 is 29.6 Å². The molecule has 1 rings (SSSR count). The molecule has 0 saturated heterocycles. The number of hydrogen-bond acceptors (Lipinski definition) is 8. The maximum absolute atomic E-state index is 12.3. The van der Waals surface area contributed by atoms with Crippen LogP contribution in [0.3, 0.4) is 0 Å². The van der Waals surface area contributed by atoms with E-state index in [9.17, 15) is 9.59 Å². The van der Waals surface area contributed by atoms with E-state index in [4.69, 9.17) is 18.9 Å². The van der Waals surface area contributed by atoms with Crippen LogP contribution in [0.4, 0.5) is 0 Å². The number of carbonyl (C=O) groups is 2. The van der Waals surface area contributed by atoms with Crippen LogP contribution in [0, 0.1) is 5.92 Å². The Hall–Kier alpha value is -1.84. The van der Waals surface area contributed by atoms with E-state index in [1.54, 1.807) is 0 Å². The molecule has 0 radical (unpaired) electrons. The molecule has 40 heavy (non-hydrogen) atoms. The molecule has 0 saturated carbocycles. The molecule has 0 amide bonds. The SMILES string of the molecule is CCC(=O)Cc1ccc(OCCNC(C)CCCC(C)C(=O)COCCOCCOCCCCNC(C)C)cc1. The molecule has 0 aliphatic heterocycles. The minimum atomic E-state index is -0.00354. The van der Waals surface area contributed by atoms with E-state index in [2.05, 4.69) is 31.4 Å². The summed E-state index contributed by atoms with van der Waals surface area (Å²) in [7, 11) is 0. The van der Waals surface area contributed by atoms with E-state index in [1.807, 2.05) is 38.1 Å². The monoisotopic (exact) mass is 564 g/mol. The highest BCUT2D eigenvalue weighted by molar-refractivity contribution is 5.81. The lowest BCUT2D eigenvalue weighted by Gasteiger charge is -2.16. The lowest BCUT2D eigenvalue weighted by Crippen LogP contribution is -2.30. The van der Waals surface area contributed by atoms with E-state index in [-0.39, 0.29) is 24.1 Å². The van der Waals surface area contributed by atoms with Crippen LogP contribution in [-0.2, 0) is 30.2 Å². The Kier molecular flexibility index (Phi) is 21.6. The fourth-order valence-electron chi connectivity index (χ4n) is 4.00. The van der Waals surface area contributed by atoms with E-state index in [1.165, 1.54) is 0 Å². The third-order valence-electron chi connectivity index (χ3n) is 6.66. The number of unbranched alkanes of at least 4 members (excludes halogenated alkanes) is 1. The molecule has 0 heterocycles. The maximum atomic E-state index is 12.3. The second-order valence-electron chi connectivity index (χ2n) is 10.8. The Morgan fingerprint density at radius 1 is 0.750 bits per heavy atom. The first-order chi connectivity index (χ1) is 19.3. The van der Waals surface area contributed by atoms with Crippen LogP contribution >= 0.6 is 0 Å². The molecule has 2 unspecified atom stereocenters. The van der Waals surface area contributed by atoms with Gasteiger partial charge in [0.1, 0.15) is 24.7 Å². The molecule has 1 aromatic rings. The molecule has 0 fully saturated rings. The first kappa shape index (κ1) is 36.2. The Labute approximate surface area is 243 Å². The molecule has 8 heteroatoms. The van der Waals surface area contributed by atoms with Crippen LogP contribution < -0.4 is 15.4 Å². The summed E-state index contributed by atoms with van der Waals surface area (Å²) in [5.41, 5.74) is 1.02. The quantitative estimate of drug-likeness (QED) is 0.148. The second kappa shape index (κ2) is 23.8. The van der Waals surface area contributed by atoms with Crippen molar-refractivity contribution in [1.82, 2.24) is 10.6 Å². The van der Waals surface area contributed by atoms with Gasteiger partial charge in [-0.1, -0.05) is 46.2 Å². The van der Waals surface area contributed by atoms with Gasteiger partial charge in [0.05, 0.1) is 26.4 Å². The summed E-state index contributed by atoms with van der Waals surface area (Å²) in [5, 5.41) is 6.87. The summed E-state index contributed by atoms with van der Waals surface area (Å²) < 4.78 is 22.4. The summed E-state index contributed by atoms with van der Waals surface area (Å²) in [4.78, 5) is 23.9. The van der Waals surface area contributed by atoms with Crippen LogP contribution in [-0.4, -0.2) is 83.0 Å². The van der Waals surface area contributed by atoms with E-state index in [0.29, 0.717) is 58.0 Å². The average Bonchev–Trinajstić information content (AvgIpc) is 2.94. The van der Waals surface area contributed by atoms with Crippen LogP contribution in [0.5, 0.6) is 5.75 Å². The molecule has 0 aliphatic rings. The van der Waals surface area contributed by atoms with Crippen LogP contribution in [0.15, 0.2) is 24.3 Å². The van der Waals surface area contributed by atoms with Crippen LogP contribution in [0.2, 0.25) is 0 Å². The summed E-state index contributed by atoms with van der Waals surface area (Å²) in [6, 6.07) is 8.63. The number of Topliss-reactive ketones (excluding diaryl/α,β-unsaturated/α-hetero) is 2. The molecule has 0 bridgehead atoms. The number of ketones is 2. The van der Waals surface area contributed by atoms with Crippen molar-refractivity contribution < 1.29 is 28.5 Å². The van der Waals surface area contributed by atoms with Gasteiger partial charge in [-0.25, -0.2) is 0 Å². The van der Waals surface area contributed by atoms with Gasteiger partial charge in [0.2, 0.25) is 0 Å². The van der Waals surface area contributed by atoms with Gasteiger partial charge in [-0.05, 0) is 56.8 Å². The Morgan fingerprint density at radius 2 is 1.43 bits per heavy atom. The number of benzene rings is 1. The molecule has 230 valence electrons. The van der Waals surface area contributed by atoms with E-state index < -0.39 is 0 Å². The number of rotatable bonds is 27. The lowest BCUT2D eigenvalue weighted by atomic mass is 9.98. The van der Waals surface area contributed by atoms with Gasteiger partial charge in [-0.2, -0.15) is 0 Å². The topological polar surface area (TPSA) is 95.1 Å². The summed E-state index contributed by atoms with van der Waals surface area (Å²) in [6.45, 7) is 15.6. The first-order valence-corrected chi connectivity index (χ1v) is 15.3. The average molecular weight is 565 g/mol. The van der Waals surface area contributed by atoms with Crippen molar-refractivity contribution in [3.8, 4) is 5.75 Å². The maximum Gasteiger partial charge on any atom is 0.161 e. The smallest absolute Gasteiger partial charge is 0.161 e. The highest BCUT2D eigenvalue weighted by Gasteiger charge is 2.13. The number of carbonyl (C=O) groups excluding carboxylic acids is 2. The summed E-state index contributed by atoms with van der Waals surface area (Å²) in [6.07, 6.45) is 6.06. The zero-order valence-corrected chi connectivity index (χ0v) is 25.8. The summed E-state index contributed by atoms with van der Waals surface area (Å²) >= 11 is 0. The molecule has 0 aromatic heterocycles. The number of nitrogens with one attached hydrogen (secondary N) is 2. The van der Waals surface area contributed by atoms with Crippen molar-refractivity contribution in [3.63, 3.8) is 0 Å². The third-order valence-corrected chi connectivity index (χ3v) is 6.66. The molecular weight excluding hydrogens is 508 g/mol. The van der Waals surface area contributed by atoms with Crippen molar-refractivity contribution in [2.75, 3.05) is 59.3 Å². The van der Waals surface area contributed by atoms with Gasteiger partial charge in [0.15, 0.2) is 5.78 Å². The standard InChI is InChI=1S/C32H56N2O6/c1-6-30(35)24-29-12-14-31(15-13-29)40-19-17-34-28(5)11-9-10-27(4)32(36)25-39-23-22-38-21-20-37-18-8-7-16-33-26(2)3/h12-15,26-28,33-34H,6-11,16-25H2,1-5H3. The predicted molar refractivity (Wildman–Crippen MR) is 161 cm³/mol. The third kappa shape index (κ3) is 20.1. The molecule has 2 N–H and O–H groups in total. The molecule has 0 spiro atoms.